The number of nitrogens with two attached hydrogens (primary N) is 1. The Kier molecular flexibility index (Phi) is 10.3. The van der Waals surface area contributed by atoms with Crippen LogP contribution in [-0.2, 0) is 36.8 Å². The van der Waals surface area contributed by atoms with Crippen LogP contribution in [-0.4, -0.2) is 84.9 Å². The zero-order valence-electron chi connectivity index (χ0n) is 29.5. The van der Waals surface area contributed by atoms with Crippen molar-refractivity contribution in [3.8, 4) is 0 Å². The van der Waals surface area contributed by atoms with Gasteiger partial charge in [-0.05, 0) is 64.9 Å². The van der Waals surface area contributed by atoms with E-state index in [0.29, 0.717) is 25.8 Å². The Labute approximate surface area is 288 Å². The van der Waals surface area contributed by atoms with Crippen molar-refractivity contribution in [2.24, 2.45) is 40.2 Å². The fourth-order valence-corrected chi connectivity index (χ4v) is 8.00. The van der Waals surface area contributed by atoms with Crippen LogP contribution >= 0.6 is 0 Å². The molecule has 6 amide bonds. The molecular formula is C36H52N6O7. The van der Waals surface area contributed by atoms with Gasteiger partial charge in [0, 0.05) is 13.6 Å². The highest BCUT2D eigenvalue weighted by molar-refractivity contribution is 6.37. The topological polar surface area (TPSA) is 189 Å². The number of amides is 6. The smallest absolute Gasteiger partial charge is 0.406 e. The van der Waals surface area contributed by atoms with Crippen molar-refractivity contribution in [1.82, 2.24) is 26.2 Å². The van der Waals surface area contributed by atoms with Crippen molar-refractivity contribution in [3.63, 3.8) is 0 Å². The number of hydrogen-bond donors (Lipinski definition) is 5. The van der Waals surface area contributed by atoms with Crippen LogP contribution in [0.2, 0.25) is 0 Å². The van der Waals surface area contributed by atoms with Crippen molar-refractivity contribution in [2.45, 2.75) is 97.3 Å². The minimum Gasteiger partial charge on any atom is -0.447 e. The van der Waals surface area contributed by atoms with Crippen molar-refractivity contribution < 1.29 is 33.5 Å². The lowest BCUT2D eigenvalue weighted by atomic mass is 9.80. The standard InChI is InChI=1S/C36H52N6O7/c1-35(2,3)25(18-49-34(48)38-6)40-33(47)41-27(22-15-20-12-7-8-13-21(20)16-22)32(46)42-17-23-26(36(23,4)5)28(42)31(45)39-24(29(43)30(37)44)14-19-10-9-11-19/h7-8,12-13,19,22-28H,9-11,14-18H2,1-6H3,(H2,37,44)(H,38,48)(H,39,45)(H2,40,41,47)/t23-,24?,25+,26-,27-,28-/m0/s1. The molecule has 0 radical (unpaired) electrons. The van der Waals surface area contributed by atoms with E-state index in [-0.39, 0.29) is 41.6 Å². The molecule has 1 aromatic rings. The highest BCUT2D eigenvalue weighted by atomic mass is 16.5. The molecule has 3 fully saturated rings. The van der Waals surface area contributed by atoms with Crippen LogP contribution in [0.25, 0.3) is 0 Å². The third-order valence-electron chi connectivity index (χ3n) is 11.5. The molecule has 1 aromatic carbocycles. The Balaban J connectivity index is 1.39. The average Bonchev–Trinajstić information content (AvgIpc) is 3.38. The van der Waals surface area contributed by atoms with Gasteiger partial charge in [0.15, 0.2) is 0 Å². The van der Waals surface area contributed by atoms with E-state index in [1.165, 1.54) is 7.05 Å². The number of carbonyl (C=O) groups excluding carboxylic acids is 6. The molecule has 6 atom stereocenters. The molecule has 6 N–H and O–H groups in total. The number of ether oxygens (including phenoxy) is 1. The van der Waals surface area contributed by atoms with Crippen LogP contribution in [0.4, 0.5) is 9.59 Å². The van der Waals surface area contributed by atoms with Gasteiger partial charge < -0.3 is 36.6 Å². The summed E-state index contributed by atoms with van der Waals surface area (Å²) in [4.78, 5) is 80.6. The molecule has 1 unspecified atom stereocenters. The van der Waals surface area contributed by atoms with E-state index in [4.69, 9.17) is 10.5 Å². The quantitative estimate of drug-likeness (QED) is 0.209. The van der Waals surface area contributed by atoms with Gasteiger partial charge in [0.05, 0.1) is 12.1 Å². The van der Waals surface area contributed by atoms with Crippen molar-refractivity contribution in [1.29, 1.82) is 0 Å². The molecule has 5 rings (SSSR count). The second kappa shape index (κ2) is 14.0. The number of likely N-dealkylation sites (tertiary alicyclic amines) is 1. The number of benzene rings is 1. The summed E-state index contributed by atoms with van der Waals surface area (Å²) in [6.07, 6.45) is 3.69. The molecule has 268 valence electrons. The molecule has 1 saturated heterocycles. The second-order valence-electron chi connectivity index (χ2n) is 16.0. The number of carbonyl (C=O) groups is 6. The van der Waals surface area contributed by atoms with Gasteiger partial charge >= 0.3 is 12.1 Å². The van der Waals surface area contributed by atoms with Crippen molar-refractivity contribution >= 4 is 35.6 Å². The third-order valence-corrected chi connectivity index (χ3v) is 11.5. The van der Waals surface area contributed by atoms with Gasteiger partial charge in [-0.1, -0.05) is 78.1 Å². The fourth-order valence-electron chi connectivity index (χ4n) is 8.00. The average molecular weight is 681 g/mol. The predicted octanol–water partition coefficient (Wildman–Crippen LogP) is 2.05. The number of ketones is 1. The van der Waals surface area contributed by atoms with Crippen molar-refractivity contribution in [3.05, 3.63) is 35.4 Å². The number of nitrogens with one attached hydrogen (secondary N) is 4. The Bertz CT molecular complexity index is 1460. The Morgan fingerprint density at radius 3 is 2.16 bits per heavy atom. The number of Topliss-reactive ketones (excluding diaryl/α,β-unsaturated/α-hetero) is 1. The molecule has 13 nitrogen and oxygen atoms in total. The minimum absolute atomic E-state index is 0.0616. The molecule has 13 heteroatoms. The summed E-state index contributed by atoms with van der Waals surface area (Å²) in [5, 5.41) is 11.1. The van der Waals surface area contributed by atoms with E-state index >= 15 is 0 Å². The maximum Gasteiger partial charge on any atom is 0.406 e. The minimum atomic E-state index is -1.10. The number of primary amides is 1. The lowest BCUT2D eigenvalue weighted by molar-refractivity contribution is -0.144. The summed E-state index contributed by atoms with van der Waals surface area (Å²) < 4.78 is 5.27. The van der Waals surface area contributed by atoms with E-state index in [0.717, 1.165) is 30.4 Å². The van der Waals surface area contributed by atoms with Gasteiger partial charge in [-0.25, -0.2) is 9.59 Å². The lowest BCUT2D eigenvalue weighted by Crippen LogP contribution is -2.61. The maximum absolute atomic E-state index is 14.7. The largest absolute Gasteiger partial charge is 0.447 e. The number of urea groups is 1. The molecule has 1 aliphatic heterocycles. The second-order valence-corrected chi connectivity index (χ2v) is 16.0. The first kappa shape index (κ1) is 36.1. The Morgan fingerprint density at radius 2 is 1.63 bits per heavy atom. The summed E-state index contributed by atoms with van der Waals surface area (Å²) in [6, 6.07) is 3.87. The third kappa shape index (κ3) is 7.70. The molecule has 1 heterocycles. The highest BCUT2D eigenvalue weighted by Gasteiger charge is 2.70. The Hall–Kier alpha value is -4.16. The maximum atomic E-state index is 14.7. The number of piperidine rings is 1. The van der Waals surface area contributed by atoms with E-state index in [9.17, 15) is 28.8 Å². The Morgan fingerprint density at radius 1 is 1.00 bits per heavy atom. The summed E-state index contributed by atoms with van der Waals surface area (Å²) in [6.45, 7) is 10.1. The molecule has 3 aliphatic carbocycles. The monoisotopic (exact) mass is 680 g/mol. The van der Waals surface area contributed by atoms with Gasteiger partial charge in [0.1, 0.15) is 18.7 Å². The van der Waals surface area contributed by atoms with Gasteiger partial charge in [-0.3, -0.25) is 19.2 Å². The van der Waals surface area contributed by atoms with Crippen LogP contribution in [0.5, 0.6) is 0 Å². The summed E-state index contributed by atoms with van der Waals surface area (Å²) in [5.74, 6) is -2.94. The SMILES string of the molecule is CNC(=O)OC[C@@H](NC(=O)N[C@H](C(=O)N1C[C@H]2[C@@H]([C@H]1C(=O)NC(CC1CCC1)C(=O)C(N)=O)C2(C)C)C1Cc2ccccc2C1)C(C)(C)C. The lowest BCUT2D eigenvalue weighted by Gasteiger charge is -2.36. The predicted molar refractivity (Wildman–Crippen MR) is 181 cm³/mol. The van der Waals surface area contributed by atoms with Crippen molar-refractivity contribution in [2.75, 3.05) is 20.2 Å². The number of hydrogen-bond acceptors (Lipinski definition) is 7. The van der Waals surface area contributed by atoms with Gasteiger partial charge in [0.2, 0.25) is 17.6 Å². The van der Waals surface area contributed by atoms with E-state index in [2.05, 4.69) is 35.1 Å². The zero-order valence-corrected chi connectivity index (χ0v) is 29.5. The molecular weight excluding hydrogens is 628 g/mol. The molecule has 2 saturated carbocycles. The first-order valence-electron chi connectivity index (χ1n) is 17.5. The number of alkyl carbamates (subject to hydrolysis) is 1. The van der Waals surface area contributed by atoms with Crippen LogP contribution in [0.15, 0.2) is 24.3 Å². The molecule has 0 bridgehead atoms. The number of fused-ring (bicyclic) bond motifs is 2. The van der Waals surface area contributed by atoms with E-state index < -0.39 is 59.3 Å². The van der Waals surface area contributed by atoms with Crippen LogP contribution in [0.1, 0.15) is 71.4 Å². The number of nitrogens with zero attached hydrogens (tertiary/aromatic N) is 1. The molecule has 4 aliphatic rings. The first-order valence-corrected chi connectivity index (χ1v) is 17.5. The van der Waals surface area contributed by atoms with Crippen LogP contribution < -0.4 is 27.0 Å². The van der Waals surface area contributed by atoms with E-state index in [1.807, 2.05) is 45.0 Å². The van der Waals surface area contributed by atoms with E-state index in [1.54, 1.807) is 4.90 Å². The normalized spacial score (nSPS) is 24.3. The molecule has 49 heavy (non-hydrogen) atoms. The summed E-state index contributed by atoms with van der Waals surface area (Å²) in [7, 11) is 1.45. The fraction of sp³-hybridized carbons (Fsp3) is 0.667. The van der Waals surface area contributed by atoms with Gasteiger partial charge in [-0.15, -0.1) is 0 Å². The van der Waals surface area contributed by atoms with Gasteiger partial charge in [-0.2, -0.15) is 0 Å². The van der Waals surface area contributed by atoms with Crippen LogP contribution in [0.3, 0.4) is 0 Å². The zero-order chi connectivity index (χ0) is 35.8. The summed E-state index contributed by atoms with van der Waals surface area (Å²) >= 11 is 0. The summed E-state index contributed by atoms with van der Waals surface area (Å²) in [5.41, 5.74) is 6.88. The van der Waals surface area contributed by atoms with Gasteiger partial charge in [0.25, 0.3) is 5.91 Å². The molecule has 0 spiro atoms. The first-order chi connectivity index (χ1) is 23.0. The number of rotatable bonds is 12. The highest BCUT2D eigenvalue weighted by Crippen LogP contribution is 2.65. The van der Waals surface area contributed by atoms with Crippen LogP contribution in [0, 0.1) is 34.5 Å². The molecule has 0 aromatic heterocycles.